The van der Waals surface area contributed by atoms with Crippen LogP contribution in [-0.2, 0) is 29.4 Å². The maximum atomic E-state index is 13.1. The molecule has 0 spiro atoms. The molecule has 3 aliphatic heterocycles. The fourth-order valence-corrected chi connectivity index (χ4v) is 8.20. The number of likely N-dealkylation sites (tertiary alicyclic amines) is 2. The normalized spacial score (nSPS) is 25.6. The SMILES string of the molecule is O=C1C(NS(=O)(=O)/C=C/c2ccc(Cl)s2)CCCN1CC(=O)N1CCCC1CN1CCS(=O)(=O)CC1. The number of nitrogens with zero attached hydrogens (tertiary/aromatic N) is 3. The number of hydrogen-bond donors (Lipinski definition) is 1. The van der Waals surface area contributed by atoms with Crippen molar-refractivity contribution in [2.45, 2.75) is 37.8 Å². The van der Waals surface area contributed by atoms with Gasteiger partial charge in [0.25, 0.3) is 0 Å². The number of carbonyl (C=O) groups is 2. The van der Waals surface area contributed by atoms with Crippen LogP contribution in [0.4, 0.5) is 0 Å². The zero-order valence-corrected chi connectivity index (χ0v) is 23.0. The fourth-order valence-electron chi connectivity index (χ4n) is 4.86. The van der Waals surface area contributed by atoms with E-state index in [0.717, 1.165) is 18.2 Å². The van der Waals surface area contributed by atoms with Crippen LogP contribution in [0.1, 0.15) is 30.6 Å². The van der Waals surface area contributed by atoms with Crippen LogP contribution in [0.15, 0.2) is 17.5 Å². The summed E-state index contributed by atoms with van der Waals surface area (Å²) in [5.74, 6) is -0.274. The average Bonchev–Trinajstić information content (AvgIpc) is 3.45. The highest BCUT2D eigenvalue weighted by Crippen LogP contribution is 2.23. The number of halogens is 1. The van der Waals surface area contributed by atoms with E-state index in [-0.39, 0.29) is 30.0 Å². The van der Waals surface area contributed by atoms with Gasteiger partial charge in [0.15, 0.2) is 9.84 Å². The Morgan fingerprint density at radius 3 is 2.56 bits per heavy atom. The van der Waals surface area contributed by atoms with Gasteiger partial charge in [0, 0.05) is 49.1 Å². The molecular weight excluding hydrogens is 548 g/mol. The second-order valence-corrected chi connectivity index (χ2v) is 15.0. The predicted octanol–water partition coefficient (Wildman–Crippen LogP) is 1.00. The minimum absolute atomic E-state index is 0.0108. The molecule has 2 unspecified atom stereocenters. The van der Waals surface area contributed by atoms with Crippen molar-refractivity contribution in [1.82, 2.24) is 19.4 Å². The second kappa shape index (κ2) is 11.5. The molecule has 0 radical (unpaired) electrons. The smallest absolute Gasteiger partial charge is 0.242 e. The summed E-state index contributed by atoms with van der Waals surface area (Å²) in [4.78, 5) is 32.1. The molecule has 3 aliphatic rings. The van der Waals surface area contributed by atoms with Crippen molar-refractivity contribution < 1.29 is 26.4 Å². The van der Waals surface area contributed by atoms with Gasteiger partial charge in [-0.1, -0.05) is 11.6 Å². The molecule has 14 heteroatoms. The van der Waals surface area contributed by atoms with Crippen LogP contribution in [0.3, 0.4) is 0 Å². The van der Waals surface area contributed by atoms with Crippen LogP contribution in [0.5, 0.6) is 0 Å². The lowest BCUT2D eigenvalue weighted by Crippen LogP contribution is -2.55. The van der Waals surface area contributed by atoms with Crippen molar-refractivity contribution in [2.75, 3.05) is 50.8 Å². The molecule has 3 fully saturated rings. The quantitative estimate of drug-likeness (QED) is 0.488. The van der Waals surface area contributed by atoms with Gasteiger partial charge in [0.1, 0.15) is 6.04 Å². The highest BCUT2D eigenvalue weighted by atomic mass is 35.5. The van der Waals surface area contributed by atoms with Crippen LogP contribution in [0.2, 0.25) is 4.34 Å². The van der Waals surface area contributed by atoms with E-state index in [2.05, 4.69) is 9.62 Å². The molecule has 0 aliphatic carbocycles. The zero-order valence-electron chi connectivity index (χ0n) is 19.8. The number of sulfone groups is 1. The van der Waals surface area contributed by atoms with Crippen molar-refractivity contribution in [3.8, 4) is 0 Å². The Kier molecular flexibility index (Phi) is 8.78. The monoisotopic (exact) mass is 578 g/mol. The number of hydrogen-bond acceptors (Lipinski definition) is 8. The Bertz CT molecular complexity index is 1200. The Labute approximate surface area is 221 Å². The van der Waals surface area contributed by atoms with Gasteiger partial charge in [-0.15, -0.1) is 11.3 Å². The minimum atomic E-state index is -3.86. The first kappa shape index (κ1) is 27.5. The molecule has 2 amide bonds. The first-order chi connectivity index (χ1) is 17.0. The summed E-state index contributed by atoms with van der Waals surface area (Å²) < 4.78 is 51.4. The zero-order chi connectivity index (χ0) is 25.9. The molecule has 1 aromatic heterocycles. The van der Waals surface area contributed by atoms with Gasteiger partial charge in [0.05, 0.1) is 22.4 Å². The number of piperidine rings is 1. The van der Waals surface area contributed by atoms with E-state index >= 15 is 0 Å². The van der Waals surface area contributed by atoms with Gasteiger partial charge >= 0.3 is 0 Å². The van der Waals surface area contributed by atoms with Crippen LogP contribution >= 0.6 is 22.9 Å². The molecule has 10 nitrogen and oxygen atoms in total. The van der Waals surface area contributed by atoms with Crippen LogP contribution in [-0.4, -0.2) is 106 Å². The van der Waals surface area contributed by atoms with E-state index in [9.17, 15) is 26.4 Å². The Hall–Kier alpha value is -1.51. The average molecular weight is 579 g/mol. The minimum Gasteiger partial charge on any atom is -0.337 e. The van der Waals surface area contributed by atoms with Crippen molar-refractivity contribution in [2.24, 2.45) is 0 Å². The molecule has 1 N–H and O–H groups in total. The number of amides is 2. The van der Waals surface area contributed by atoms with Crippen LogP contribution < -0.4 is 4.72 Å². The predicted molar refractivity (Wildman–Crippen MR) is 140 cm³/mol. The lowest BCUT2D eigenvalue weighted by molar-refractivity contribution is -0.143. The standard InChI is InChI=1S/C22H31ClN4O6S3/c23-20-6-5-18(34-20)7-12-36(32,33)24-19-4-2-8-26(22(19)29)16-21(28)27-9-1-3-17(27)15-25-10-13-35(30,31)14-11-25/h5-7,12,17,19,24H,1-4,8-11,13-16H2/b12-7+. The molecule has 4 heterocycles. The van der Waals surface area contributed by atoms with E-state index in [0.29, 0.717) is 54.8 Å². The van der Waals surface area contributed by atoms with Crippen molar-refractivity contribution >= 4 is 60.7 Å². The summed E-state index contributed by atoms with van der Waals surface area (Å²) in [6, 6.07) is 2.45. The Morgan fingerprint density at radius 1 is 1.14 bits per heavy atom. The molecule has 0 saturated carbocycles. The van der Waals surface area contributed by atoms with Gasteiger partial charge in [0.2, 0.25) is 21.8 Å². The first-order valence-electron chi connectivity index (χ1n) is 12.0. The van der Waals surface area contributed by atoms with E-state index in [1.807, 2.05) is 0 Å². The number of carbonyl (C=O) groups excluding carboxylic acids is 2. The summed E-state index contributed by atoms with van der Waals surface area (Å²) in [7, 11) is -6.83. The molecule has 1 aromatic rings. The third kappa shape index (κ3) is 7.29. The summed E-state index contributed by atoms with van der Waals surface area (Å²) >= 11 is 7.12. The van der Waals surface area contributed by atoms with Crippen LogP contribution in [0, 0.1) is 0 Å². The number of sulfonamides is 1. The van der Waals surface area contributed by atoms with E-state index in [1.54, 1.807) is 17.0 Å². The molecule has 200 valence electrons. The number of nitrogens with one attached hydrogen (secondary N) is 1. The summed E-state index contributed by atoms with van der Waals surface area (Å²) in [6.45, 7) is 2.48. The molecule has 36 heavy (non-hydrogen) atoms. The fraction of sp³-hybridized carbons (Fsp3) is 0.636. The Balaban J connectivity index is 1.31. The lowest BCUT2D eigenvalue weighted by Gasteiger charge is -2.35. The highest BCUT2D eigenvalue weighted by molar-refractivity contribution is 7.92. The van der Waals surface area contributed by atoms with E-state index in [1.165, 1.54) is 22.3 Å². The third-order valence-electron chi connectivity index (χ3n) is 6.77. The van der Waals surface area contributed by atoms with Gasteiger partial charge in [-0.3, -0.25) is 14.5 Å². The molecule has 0 aromatic carbocycles. The molecule has 2 atom stereocenters. The van der Waals surface area contributed by atoms with Gasteiger partial charge < -0.3 is 9.80 Å². The van der Waals surface area contributed by atoms with Gasteiger partial charge in [-0.05, 0) is 43.9 Å². The second-order valence-electron chi connectivity index (χ2n) is 9.40. The van der Waals surface area contributed by atoms with E-state index in [4.69, 9.17) is 11.6 Å². The summed E-state index contributed by atoms with van der Waals surface area (Å²) in [6.07, 6.45) is 4.08. The first-order valence-corrected chi connectivity index (χ1v) is 16.5. The molecule has 0 bridgehead atoms. The number of thiophene rings is 1. The lowest BCUT2D eigenvalue weighted by atomic mass is 10.1. The summed E-state index contributed by atoms with van der Waals surface area (Å²) in [5, 5.41) is 1.02. The largest absolute Gasteiger partial charge is 0.337 e. The Morgan fingerprint density at radius 2 is 1.86 bits per heavy atom. The third-order valence-corrected chi connectivity index (χ3v) is 10.7. The highest BCUT2D eigenvalue weighted by Gasteiger charge is 2.36. The van der Waals surface area contributed by atoms with Crippen LogP contribution in [0.25, 0.3) is 6.08 Å². The molecular formula is C22H31ClN4O6S3. The molecule has 4 rings (SSSR count). The number of rotatable bonds is 8. The van der Waals surface area contributed by atoms with Crippen molar-refractivity contribution in [3.05, 3.63) is 26.8 Å². The molecule has 3 saturated heterocycles. The maximum Gasteiger partial charge on any atom is 0.242 e. The van der Waals surface area contributed by atoms with E-state index < -0.39 is 31.8 Å². The topological polar surface area (TPSA) is 124 Å². The maximum absolute atomic E-state index is 13.1. The van der Waals surface area contributed by atoms with Crippen molar-refractivity contribution in [3.63, 3.8) is 0 Å². The van der Waals surface area contributed by atoms with Gasteiger partial charge in [-0.2, -0.15) is 4.72 Å². The van der Waals surface area contributed by atoms with Crippen molar-refractivity contribution in [1.29, 1.82) is 0 Å². The van der Waals surface area contributed by atoms with Gasteiger partial charge in [-0.25, -0.2) is 16.8 Å². The summed E-state index contributed by atoms with van der Waals surface area (Å²) in [5.41, 5.74) is 0.